The fourth-order valence-corrected chi connectivity index (χ4v) is 2.27. The van der Waals surface area contributed by atoms with Gasteiger partial charge in [0.15, 0.2) is 0 Å². The minimum atomic E-state index is -0.753. The Kier molecular flexibility index (Phi) is 3.75. The largest absolute Gasteiger partial charge is 0.326 e. The molecule has 1 aromatic carbocycles. The van der Waals surface area contributed by atoms with Crippen molar-refractivity contribution in [3.63, 3.8) is 0 Å². The maximum absolute atomic E-state index is 12.4. The van der Waals surface area contributed by atoms with E-state index in [4.69, 9.17) is 0 Å². The van der Waals surface area contributed by atoms with Crippen molar-refractivity contribution in [1.82, 2.24) is 14.8 Å². The van der Waals surface area contributed by atoms with Crippen LogP contribution < -0.4 is 16.0 Å². The van der Waals surface area contributed by atoms with Crippen molar-refractivity contribution in [2.75, 3.05) is 16.0 Å². The highest BCUT2D eigenvalue weighted by Crippen LogP contribution is 2.23. The fraction of sp³-hybridized carbons (Fsp3) is 0.214. The lowest BCUT2D eigenvalue weighted by Crippen LogP contribution is -2.35. The van der Waals surface area contributed by atoms with Crippen molar-refractivity contribution in [3.05, 3.63) is 30.6 Å². The summed E-state index contributed by atoms with van der Waals surface area (Å²) in [4.78, 5) is 38.9. The summed E-state index contributed by atoms with van der Waals surface area (Å²) in [5.74, 6) is -0.568. The summed E-state index contributed by atoms with van der Waals surface area (Å²) in [6.45, 7) is 1.42. The molecule has 9 heteroatoms. The van der Waals surface area contributed by atoms with Gasteiger partial charge in [-0.1, -0.05) is 0 Å². The molecule has 0 spiro atoms. The molecule has 3 amide bonds. The third-order valence-corrected chi connectivity index (χ3v) is 3.27. The van der Waals surface area contributed by atoms with Crippen molar-refractivity contribution < 1.29 is 14.4 Å². The number of aromatic nitrogens is 3. The second kappa shape index (κ2) is 5.87. The van der Waals surface area contributed by atoms with Crippen LogP contribution in [-0.4, -0.2) is 32.5 Å². The monoisotopic (exact) mass is 314 g/mol. The van der Waals surface area contributed by atoms with E-state index in [2.05, 4.69) is 26.0 Å². The molecule has 0 radical (unpaired) electrons. The quantitative estimate of drug-likeness (QED) is 0.773. The highest BCUT2D eigenvalue weighted by atomic mass is 16.2. The van der Waals surface area contributed by atoms with E-state index in [1.54, 1.807) is 24.3 Å². The van der Waals surface area contributed by atoms with Gasteiger partial charge in [0, 0.05) is 18.3 Å². The Morgan fingerprint density at radius 1 is 1.22 bits per heavy atom. The predicted octanol–water partition coefficient (Wildman–Crippen LogP) is 0.758. The molecule has 0 bridgehead atoms. The summed E-state index contributed by atoms with van der Waals surface area (Å²) >= 11 is 0. The lowest BCUT2D eigenvalue weighted by atomic mass is 10.1. The molecule has 0 saturated carbocycles. The molecule has 1 aliphatic rings. The summed E-state index contributed by atoms with van der Waals surface area (Å²) in [5, 5.41) is 11.9. The maximum Gasteiger partial charge on any atom is 0.249 e. The topological polar surface area (TPSA) is 118 Å². The minimum Gasteiger partial charge on any atom is -0.326 e. The van der Waals surface area contributed by atoms with Crippen molar-refractivity contribution in [2.24, 2.45) is 0 Å². The molecule has 1 aromatic heterocycles. The van der Waals surface area contributed by atoms with Crippen LogP contribution in [0.3, 0.4) is 0 Å². The number of fused-ring (bicyclic) bond motifs is 1. The van der Waals surface area contributed by atoms with Gasteiger partial charge in [0.05, 0.1) is 6.42 Å². The van der Waals surface area contributed by atoms with Gasteiger partial charge in [0.2, 0.25) is 23.7 Å². The first-order valence-corrected chi connectivity index (χ1v) is 6.91. The molecule has 2 heterocycles. The molecule has 0 saturated heterocycles. The third kappa shape index (κ3) is 3.18. The van der Waals surface area contributed by atoms with Gasteiger partial charge in [-0.2, -0.15) is 10.1 Å². The van der Waals surface area contributed by atoms with Crippen LogP contribution in [-0.2, 0) is 14.4 Å². The van der Waals surface area contributed by atoms with Gasteiger partial charge in [0.25, 0.3) is 0 Å². The molecule has 0 fully saturated rings. The van der Waals surface area contributed by atoms with Crippen molar-refractivity contribution >= 4 is 35.0 Å². The summed E-state index contributed by atoms with van der Waals surface area (Å²) < 4.78 is 1.38. The average molecular weight is 314 g/mol. The second-order valence-corrected chi connectivity index (χ2v) is 5.04. The van der Waals surface area contributed by atoms with E-state index >= 15 is 0 Å². The molecular weight excluding hydrogens is 300 g/mol. The first-order valence-electron chi connectivity index (χ1n) is 6.91. The number of rotatable bonds is 3. The zero-order chi connectivity index (χ0) is 16.4. The lowest BCUT2D eigenvalue weighted by molar-refractivity contribution is -0.125. The summed E-state index contributed by atoms with van der Waals surface area (Å²) in [6.07, 6.45) is 1.27. The molecule has 2 aromatic rings. The number of nitrogens with one attached hydrogen (secondary N) is 3. The minimum absolute atomic E-state index is 0.00777. The van der Waals surface area contributed by atoms with Gasteiger partial charge >= 0.3 is 0 Å². The van der Waals surface area contributed by atoms with E-state index in [9.17, 15) is 14.4 Å². The zero-order valence-corrected chi connectivity index (χ0v) is 12.2. The molecule has 1 aliphatic heterocycles. The molecule has 118 valence electrons. The Morgan fingerprint density at radius 3 is 2.52 bits per heavy atom. The molecular formula is C14H14N6O3. The number of amides is 3. The van der Waals surface area contributed by atoms with E-state index in [1.165, 1.54) is 17.9 Å². The Balaban J connectivity index is 1.72. The van der Waals surface area contributed by atoms with Crippen LogP contribution in [0.2, 0.25) is 0 Å². The molecule has 3 rings (SSSR count). The normalized spacial score (nSPS) is 16.2. The SMILES string of the molecule is CC(=O)Nc1ccc(NC(=O)[C@@H]2CC(=O)Nc3ncnn32)cc1. The Morgan fingerprint density at radius 2 is 1.87 bits per heavy atom. The molecule has 9 nitrogen and oxygen atoms in total. The zero-order valence-electron chi connectivity index (χ0n) is 12.2. The molecule has 3 N–H and O–H groups in total. The van der Waals surface area contributed by atoms with Crippen molar-refractivity contribution in [1.29, 1.82) is 0 Å². The third-order valence-electron chi connectivity index (χ3n) is 3.27. The highest BCUT2D eigenvalue weighted by Gasteiger charge is 2.31. The van der Waals surface area contributed by atoms with Crippen LogP contribution in [0.15, 0.2) is 30.6 Å². The second-order valence-electron chi connectivity index (χ2n) is 5.04. The number of benzene rings is 1. The van der Waals surface area contributed by atoms with E-state index < -0.39 is 6.04 Å². The summed E-state index contributed by atoms with van der Waals surface area (Å²) in [6, 6.07) is 5.91. The van der Waals surface area contributed by atoms with Gasteiger partial charge in [-0.25, -0.2) is 4.68 Å². The molecule has 1 atom stereocenters. The van der Waals surface area contributed by atoms with Crippen molar-refractivity contribution in [3.8, 4) is 0 Å². The number of anilines is 3. The van der Waals surface area contributed by atoms with Crippen LogP contribution in [0.4, 0.5) is 17.3 Å². The van der Waals surface area contributed by atoms with E-state index in [1.807, 2.05) is 0 Å². The number of hydrogen-bond donors (Lipinski definition) is 3. The fourth-order valence-electron chi connectivity index (χ4n) is 2.27. The first-order chi connectivity index (χ1) is 11.0. The maximum atomic E-state index is 12.4. The number of carbonyl (C=O) groups is 3. The molecule has 0 unspecified atom stereocenters. The van der Waals surface area contributed by atoms with Gasteiger partial charge < -0.3 is 10.6 Å². The van der Waals surface area contributed by atoms with Gasteiger partial charge in [-0.05, 0) is 24.3 Å². The smallest absolute Gasteiger partial charge is 0.249 e. The van der Waals surface area contributed by atoms with E-state index in [0.29, 0.717) is 11.4 Å². The van der Waals surface area contributed by atoms with Crippen LogP contribution >= 0.6 is 0 Å². The molecule has 23 heavy (non-hydrogen) atoms. The standard InChI is InChI=1S/C14H14N6O3/c1-8(21)17-9-2-4-10(5-3-9)18-13(23)11-6-12(22)19-14-15-7-16-20(11)14/h2-5,7,11H,6H2,1H3,(H,17,21)(H,18,23)(H,15,16,19,22)/t11-/m0/s1. The van der Waals surface area contributed by atoms with Crippen LogP contribution in [0.5, 0.6) is 0 Å². The highest BCUT2D eigenvalue weighted by molar-refractivity contribution is 6.00. The number of carbonyl (C=O) groups excluding carboxylic acids is 3. The van der Waals surface area contributed by atoms with Gasteiger partial charge in [0.1, 0.15) is 12.4 Å². The van der Waals surface area contributed by atoms with Gasteiger partial charge in [-0.3, -0.25) is 19.7 Å². The van der Waals surface area contributed by atoms with Crippen LogP contribution in [0, 0.1) is 0 Å². The molecule has 0 aliphatic carbocycles. The summed E-state index contributed by atoms with van der Waals surface area (Å²) in [7, 11) is 0. The van der Waals surface area contributed by atoms with Crippen molar-refractivity contribution in [2.45, 2.75) is 19.4 Å². The van der Waals surface area contributed by atoms with Crippen LogP contribution in [0.25, 0.3) is 0 Å². The number of nitrogens with zero attached hydrogens (tertiary/aromatic N) is 3. The Hall–Kier alpha value is -3.23. The van der Waals surface area contributed by atoms with E-state index in [0.717, 1.165) is 0 Å². The van der Waals surface area contributed by atoms with E-state index in [-0.39, 0.29) is 30.1 Å². The Labute approximate surface area is 131 Å². The first kappa shape index (κ1) is 14.7. The lowest BCUT2D eigenvalue weighted by Gasteiger charge is -2.22. The van der Waals surface area contributed by atoms with Gasteiger partial charge in [-0.15, -0.1) is 0 Å². The summed E-state index contributed by atoms with van der Waals surface area (Å²) in [5.41, 5.74) is 1.18. The number of hydrogen-bond acceptors (Lipinski definition) is 5. The Bertz CT molecular complexity index is 767. The van der Waals surface area contributed by atoms with Crippen LogP contribution in [0.1, 0.15) is 19.4 Å². The predicted molar refractivity (Wildman–Crippen MR) is 81.7 cm³/mol. The average Bonchev–Trinajstić information content (AvgIpc) is 2.95.